The number of anilines is 2. The van der Waals surface area contributed by atoms with Crippen molar-refractivity contribution in [2.45, 2.75) is 44.9 Å². The predicted molar refractivity (Wildman–Crippen MR) is 96.2 cm³/mol. The number of carbonyl (C=O) groups excluding carboxylic acids is 2. The van der Waals surface area contributed by atoms with Crippen LogP contribution in [0.25, 0.3) is 0 Å². The van der Waals surface area contributed by atoms with Crippen LogP contribution in [-0.4, -0.2) is 36.2 Å². The monoisotopic (exact) mass is 360 g/mol. The predicted octanol–water partition coefficient (Wildman–Crippen LogP) is 3.40. The highest BCUT2D eigenvalue weighted by molar-refractivity contribution is 5.94. The number of carboxylic acids is 1. The molecule has 1 aromatic rings. The van der Waals surface area contributed by atoms with E-state index in [-0.39, 0.29) is 18.7 Å². The van der Waals surface area contributed by atoms with Gasteiger partial charge in [-0.25, -0.2) is 4.79 Å². The number of ether oxygens (including phenoxy) is 1. The zero-order valence-corrected chi connectivity index (χ0v) is 14.7. The van der Waals surface area contributed by atoms with E-state index in [1.807, 2.05) is 0 Å². The van der Waals surface area contributed by atoms with E-state index in [4.69, 9.17) is 4.74 Å². The van der Waals surface area contributed by atoms with Crippen molar-refractivity contribution in [3.63, 3.8) is 0 Å². The van der Waals surface area contributed by atoms with Crippen molar-refractivity contribution in [1.29, 1.82) is 0 Å². The van der Waals surface area contributed by atoms with Crippen LogP contribution in [0.1, 0.15) is 44.9 Å². The minimum Gasteiger partial charge on any atom is -0.481 e. The molecule has 1 saturated carbocycles. The molecule has 1 saturated heterocycles. The molecule has 3 rings (SSSR count). The molecule has 2 amide bonds. The summed E-state index contributed by atoms with van der Waals surface area (Å²) in [4.78, 5) is 37.0. The summed E-state index contributed by atoms with van der Waals surface area (Å²) in [6.45, 7) is 0.838. The summed E-state index contributed by atoms with van der Waals surface area (Å²) in [5.41, 5.74) is 0.807. The van der Waals surface area contributed by atoms with Gasteiger partial charge < -0.3 is 15.2 Å². The molecule has 1 aliphatic heterocycles. The summed E-state index contributed by atoms with van der Waals surface area (Å²) in [6, 6.07) is 7.04. The first-order chi connectivity index (χ1) is 12.5. The topological polar surface area (TPSA) is 95.9 Å². The summed E-state index contributed by atoms with van der Waals surface area (Å²) in [5.74, 6) is -1.04. The molecule has 1 aromatic carbocycles. The Balaban J connectivity index is 1.67. The average Bonchev–Trinajstić information content (AvgIpc) is 3.01. The normalized spacial score (nSPS) is 19.1. The molecular formula is C19H24N2O5. The molecule has 140 valence electrons. The minimum absolute atomic E-state index is 0.0279. The molecular weight excluding hydrogens is 336 g/mol. The molecule has 2 aliphatic rings. The van der Waals surface area contributed by atoms with Gasteiger partial charge in [-0.15, -0.1) is 0 Å². The van der Waals surface area contributed by atoms with Gasteiger partial charge in [-0.3, -0.25) is 14.5 Å². The molecule has 0 unspecified atom stereocenters. The molecule has 1 heterocycles. The lowest BCUT2D eigenvalue weighted by atomic mass is 9.69. The molecule has 7 heteroatoms. The molecule has 0 spiro atoms. The number of cyclic esters (lactones) is 1. The Morgan fingerprint density at radius 1 is 1.19 bits per heavy atom. The van der Waals surface area contributed by atoms with Crippen LogP contribution in [0.15, 0.2) is 24.3 Å². The lowest BCUT2D eigenvalue weighted by Crippen LogP contribution is -2.32. The van der Waals surface area contributed by atoms with Gasteiger partial charge in [-0.2, -0.15) is 0 Å². The van der Waals surface area contributed by atoms with Crippen molar-refractivity contribution >= 4 is 29.3 Å². The van der Waals surface area contributed by atoms with Crippen LogP contribution in [0.4, 0.5) is 16.2 Å². The van der Waals surface area contributed by atoms with Crippen LogP contribution in [0, 0.1) is 5.41 Å². The highest BCUT2D eigenvalue weighted by atomic mass is 16.6. The Morgan fingerprint density at radius 3 is 2.62 bits per heavy atom. The molecule has 26 heavy (non-hydrogen) atoms. The first kappa shape index (κ1) is 18.2. The summed E-state index contributed by atoms with van der Waals surface area (Å²) < 4.78 is 4.94. The number of rotatable bonds is 6. The zero-order chi connectivity index (χ0) is 18.6. The van der Waals surface area contributed by atoms with Gasteiger partial charge in [0.2, 0.25) is 5.91 Å². The smallest absolute Gasteiger partial charge is 0.414 e. The van der Waals surface area contributed by atoms with E-state index in [2.05, 4.69) is 5.32 Å². The molecule has 7 nitrogen and oxygen atoms in total. The number of nitrogens with zero attached hydrogens (tertiary/aromatic N) is 1. The third kappa shape index (κ3) is 4.33. The molecule has 0 aromatic heterocycles. The zero-order valence-electron chi connectivity index (χ0n) is 14.7. The van der Waals surface area contributed by atoms with Gasteiger partial charge in [-0.05, 0) is 36.5 Å². The molecule has 0 atom stereocenters. The van der Waals surface area contributed by atoms with Crippen LogP contribution in [0.5, 0.6) is 0 Å². The van der Waals surface area contributed by atoms with Crippen molar-refractivity contribution in [3.05, 3.63) is 24.3 Å². The number of amides is 2. The maximum absolute atomic E-state index is 12.6. The summed E-state index contributed by atoms with van der Waals surface area (Å²) in [6.07, 6.45) is 4.40. The third-order valence-electron chi connectivity index (χ3n) is 5.18. The Kier molecular flexibility index (Phi) is 5.44. The molecule has 2 fully saturated rings. The fourth-order valence-electron chi connectivity index (χ4n) is 3.96. The number of aliphatic carboxylic acids is 1. The minimum atomic E-state index is -0.853. The lowest BCUT2D eigenvalue weighted by Gasteiger charge is -2.35. The maximum atomic E-state index is 12.6. The second kappa shape index (κ2) is 7.76. The summed E-state index contributed by atoms with van der Waals surface area (Å²) in [5, 5.41) is 12.1. The fourth-order valence-corrected chi connectivity index (χ4v) is 3.96. The molecule has 2 N–H and O–H groups in total. The van der Waals surface area contributed by atoms with Crippen molar-refractivity contribution in [3.8, 4) is 0 Å². The summed E-state index contributed by atoms with van der Waals surface area (Å²) >= 11 is 0. The standard InChI is InChI=1S/C19H24N2O5/c22-16(12-19(13-17(23)24)7-2-1-3-8-19)20-14-5-4-6-15(11-14)21-9-10-26-18(21)25/h4-6,11H,1-3,7-10,12-13H2,(H,20,22)(H,23,24). The first-order valence-corrected chi connectivity index (χ1v) is 9.03. The number of nitrogens with one attached hydrogen (secondary N) is 1. The second-order valence-electron chi connectivity index (χ2n) is 7.17. The van der Waals surface area contributed by atoms with Gasteiger partial charge in [-0.1, -0.05) is 25.3 Å². The first-order valence-electron chi connectivity index (χ1n) is 9.03. The van der Waals surface area contributed by atoms with Gasteiger partial charge in [0.05, 0.1) is 13.0 Å². The van der Waals surface area contributed by atoms with E-state index in [1.165, 1.54) is 4.90 Å². The Morgan fingerprint density at radius 2 is 1.96 bits per heavy atom. The fraction of sp³-hybridized carbons (Fsp3) is 0.526. The van der Waals surface area contributed by atoms with E-state index in [0.717, 1.165) is 32.1 Å². The quantitative estimate of drug-likeness (QED) is 0.810. The number of hydrogen-bond acceptors (Lipinski definition) is 4. The Hall–Kier alpha value is -2.57. The second-order valence-corrected chi connectivity index (χ2v) is 7.17. The molecule has 0 bridgehead atoms. The number of benzene rings is 1. The Bertz CT molecular complexity index is 697. The van der Waals surface area contributed by atoms with Crippen LogP contribution in [0.2, 0.25) is 0 Å². The number of hydrogen-bond donors (Lipinski definition) is 2. The van der Waals surface area contributed by atoms with Gasteiger partial charge in [0.1, 0.15) is 6.61 Å². The highest BCUT2D eigenvalue weighted by Gasteiger charge is 2.36. The molecule has 1 aliphatic carbocycles. The Labute approximate surface area is 152 Å². The SMILES string of the molecule is O=C(O)CC1(CC(=O)Nc2cccc(N3CCOC3=O)c2)CCCCC1. The number of carbonyl (C=O) groups is 3. The lowest BCUT2D eigenvalue weighted by molar-refractivity contribution is -0.140. The van der Waals surface area contributed by atoms with Crippen molar-refractivity contribution in [1.82, 2.24) is 0 Å². The highest BCUT2D eigenvalue weighted by Crippen LogP contribution is 2.42. The van der Waals surface area contributed by atoms with Crippen molar-refractivity contribution < 1.29 is 24.2 Å². The van der Waals surface area contributed by atoms with E-state index in [0.29, 0.717) is 24.5 Å². The van der Waals surface area contributed by atoms with Gasteiger partial charge in [0.15, 0.2) is 0 Å². The maximum Gasteiger partial charge on any atom is 0.414 e. The van der Waals surface area contributed by atoms with Gasteiger partial charge in [0.25, 0.3) is 0 Å². The van der Waals surface area contributed by atoms with Crippen molar-refractivity contribution in [2.24, 2.45) is 5.41 Å². The van der Waals surface area contributed by atoms with E-state index in [9.17, 15) is 19.5 Å². The molecule has 0 radical (unpaired) electrons. The van der Waals surface area contributed by atoms with Crippen LogP contribution < -0.4 is 10.2 Å². The van der Waals surface area contributed by atoms with Crippen LogP contribution in [0.3, 0.4) is 0 Å². The largest absolute Gasteiger partial charge is 0.481 e. The van der Waals surface area contributed by atoms with Gasteiger partial charge >= 0.3 is 12.1 Å². The summed E-state index contributed by atoms with van der Waals surface area (Å²) in [7, 11) is 0. The van der Waals surface area contributed by atoms with E-state index in [1.54, 1.807) is 24.3 Å². The van der Waals surface area contributed by atoms with E-state index >= 15 is 0 Å². The number of carboxylic acid groups (broad SMARTS) is 1. The van der Waals surface area contributed by atoms with Gasteiger partial charge in [0, 0.05) is 17.8 Å². The third-order valence-corrected chi connectivity index (χ3v) is 5.18. The van der Waals surface area contributed by atoms with Crippen LogP contribution >= 0.6 is 0 Å². The van der Waals surface area contributed by atoms with Crippen LogP contribution in [-0.2, 0) is 14.3 Å². The van der Waals surface area contributed by atoms with Crippen molar-refractivity contribution in [2.75, 3.05) is 23.4 Å². The average molecular weight is 360 g/mol. The van der Waals surface area contributed by atoms with E-state index < -0.39 is 17.5 Å².